The van der Waals surface area contributed by atoms with E-state index in [1.165, 1.54) is 11.8 Å². The van der Waals surface area contributed by atoms with Gasteiger partial charge in [0.2, 0.25) is 11.8 Å². The number of hydrogen-bond acceptors (Lipinski definition) is 3. The van der Waals surface area contributed by atoms with Crippen LogP contribution in [0.1, 0.15) is 28.3 Å². The highest BCUT2D eigenvalue weighted by Crippen LogP contribution is 2.43. The third kappa shape index (κ3) is 3.99. The summed E-state index contributed by atoms with van der Waals surface area (Å²) in [5.41, 5.74) is 5.82. The van der Waals surface area contributed by atoms with Gasteiger partial charge < -0.3 is 9.88 Å². The number of fused-ring (bicyclic) bond motifs is 3. The van der Waals surface area contributed by atoms with Gasteiger partial charge in [0.25, 0.3) is 0 Å². The minimum Gasteiger partial charge on any atom is -0.350 e. The van der Waals surface area contributed by atoms with E-state index in [0.29, 0.717) is 6.54 Å². The Hall–Kier alpha value is -3.51. The van der Waals surface area contributed by atoms with Crippen molar-refractivity contribution in [3.05, 3.63) is 95.1 Å². The molecular weight excluding hydrogens is 442 g/mol. The van der Waals surface area contributed by atoms with Crippen LogP contribution in [0.2, 0.25) is 0 Å². The molecule has 2 amide bonds. The number of amides is 2. The number of aryl methyl sites for hydroxylation is 3. The van der Waals surface area contributed by atoms with Gasteiger partial charge in [0, 0.05) is 35.7 Å². The summed E-state index contributed by atoms with van der Waals surface area (Å²) in [7, 11) is 2.00. The van der Waals surface area contributed by atoms with E-state index in [-0.39, 0.29) is 17.6 Å². The minimum atomic E-state index is -0.770. The zero-order valence-corrected chi connectivity index (χ0v) is 20.4. The van der Waals surface area contributed by atoms with Crippen molar-refractivity contribution in [2.24, 2.45) is 7.05 Å². The van der Waals surface area contributed by atoms with Crippen molar-refractivity contribution in [2.75, 3.05) is 10.7 Å². The molecule has 0 spiro atoms. The van der Waals surface area contributed by atoms with Gasteiger partial charge in [-0.1, -0.05) is 66.4 Å². The first-order valence-corrected chi connectivity index (χ1v) is 12.3. The Morgan fingerprint density at radius 3 is 2.41 bits per heavy atom. The quantitative estimate of drug-likeness (QED) is 0.442. The summed E-state index contributed by atoms with van der Waals surface area (Å²) < 4.78 is 2.10. The third-order valence-corrected chi connectivity index (χ3v) is 7.42. The molecule has 172 valence electrons. The van der Waals surface area contributed by atoms with E-state index in [0.717, 1.165) is 43.9 Å². The number of carbonyl (C=O) groups excluding carboxylic acids is 2. The van der Waals surface area contributed by atoms with Gasteiger partial charge in [-0.3, -0.25) is 14.5 Å². The molecular formula is C28H27N3O2S. The van der Waals surface area contributed by atoms with Crippen LogP contribution in [0.4, 0.5) is 5.69 Å². The molecule has 3 aromatic carbocycles. The summed E-state index contributed by atoms with van der Waals surface area (Å²) in [5.74, 6) is 0.0127. The van der Waals surface area contributed by atoms with Crippen LogP contribution >= 0.6 is 11.8 Å². The Balaban J connectivity index is 1.67. The first-order chi connectivity index (χ1) is 16.4. The number of hydrogen-bond donors (Lipinski definition) is 1. The van der Waals surface area contributed by atoms with Crippen molar-refractivity contribution in [2.45, 2.75) is 31.5 Å². The average Bonchev–Trinajstić information content (AvgIpc) is 3.00. The van der Waals surface area contributed by atoms with Crippen molar-refractivity contribution in [1.82, 2.24) is 9.88 Å². The van der Waals surface area contributed by atoms with E-state index in [1.807, 2.05) is 81.6 Å². The molecule has 1 aliphatic rings. The monoisotopic (exact) mass is 469 g/mol. The molecule has 4 aromatic rings. The normalized spacial score (nSPS) is 15.8. The number of rotatable bonds is 4. The molecule has 0 saturated heterocycles. The van der Waals surface area contributed by atoms with Gasteiger partial charge >= 0.3 is 0 Å². The van der Waals surface area contributed by atoms with Crippen molar-refractivity contribution in [3.8, 4) is 0 Å². The van der Waals surface area contributed by atoms with Crippen LogP contribution in [0.15, 0.2) is 77.8 Å². The maximum atomic E-state index is 13.9. The number of nitrogens with one attached hydrogen (secondary N) is 1. The lowest BCUT2D eigenvalue weighted by atomic mass is 10.0. The summed E-state index contributed by atoms with van der Waals surface area (Å²) in [5, 5.41) is 5.07. The Morgan fingerprint density at radius 1 is 1.00 bits per heavy atom. The fourth-order valence-electron chi connectivity index (χ4n) is 4.82. The van der Waals surface area contributed by atoms with Crippen molar-refractivity contribution >= 4 is 40.2 Å². The molecule has 0 fully saturated rings. The van der Waals surface area contributed by atoms with Crippen LogP contribution in [-0.2, 0) is 23.2 Å². The van der Waals surface area contributed by atoms with Crippen molar-refractivity contribution < 1.29 is 9.59 Å². The highest BCUT2D eigenvalue weighted by Gasteiger charge is 2.39. The Bertz CT molecular complexity index is 1370. The van der Waals surface area contributed by atoms with Gasteiger partial charge in [0.15, 0.2) is 0 Å². The topological polar surface area (TPSA) is 54.3 Å². The second kappa shape index (κ2) is 9.03. The minimum absolute atomic E-state index is 0.0739. The molecule has 5 nitrogen and oxygen atoms in total. The molecule has 2 heterocycles. The molecule has 5 rings (SSSR count). The van der Waals surface area contributed by atoms with Crippen LogP contribution in [-0.4, -0.2) is 22.1 Å². The van der Waals surface area contributed by atoms with Gasteiger partial charge in [-0.25, -0.2) is 0 Å². The van der Waals surface area contributed by atoms with Crippen LogP contribution in [0.3, 0.4) is 0 Å². The van der Waals surface area contributed by atoms with Crippen molar-refractivity contribution in [3.63, 3.8) is 0 Å². The molecule has 0 radical (unpaired) electrons. The van der Waals surface area contributed by atoms with Crippen LogP contribution in [0.25, 0.3) is 10.9 Å². The second-order valence-electron chi connectivity index (χ2n) is 8.80. The van der Waals surface area contributed by atoms with Crippen LogP contribution in [0.5, 0.6) is 0 Å². The highest BCUT2D eigenvalue weighted by molar-refractivity contribution is 8.00. The van der Waals surface area contributed by atoms with Gasteiger partial charge in [-0.05, 0) is 48.7 Å². The average molecular weight is 470 g/mol. The molecule has 0 aliphatic carbocycles. The molecule has 1 aliphatic heterocycles. The number of nitrogens with zero attached hydrogens (tertiary/aromatic N) is 2. The number of benzene rings is 3. The molecule has 1 unspecified atom stereocenters. The zero-order chi connectivity index (χ0) is 23.8. The number of carbonyl (C=O) groups is 2. The maximum absolute atomic E-state index is 13.9. The van der Waals surface area contributed by atoms with E-state index in [9.17, 15) is 9.59 Å². The number of para-hydroxylation sites is 1. The number of thioether (sulfide) groups is 1. The summed E-state index contributed by atoms with van der Waals surface area (Å²) in [6, 6.07) is 23.2. The van der Waals surface area contributed by atoms with Crippen LogP contribution in [0, 0.1) is 13.8 Å². The lowest BCUT2D eigenvalue weighted by Crippen LogP contribution is -2.44. The predicted octanol–water partition coefficient (Wildman–Crippen LogP) is 5.29. The largest absolute Gasteiger partial charge is 0.350 e. The Labute approximate surface area is 203 Å². The predicted molar refractivity (Wildman–Crippen MR) is 138 cm³/mol. The summed E-state index contributed by atoms with van der Waals surface area (Å²) in [4.78, 5) is 29.2. The van der Waals surface area contributed by atoms with Gasteiger partial charge in [0.1, 0.15) is 6.04 Å². The Kier molecular flexibility index (Phi) is 5.92. The van der Waals surface area contributed by atoms with Gasteiger partial charge in [-0.15, -0.1) is 0 Å². The van der Waals surface area contributed by atoms with Crippen LogP contribution < -0.4 is 10.2 Å². The summed E-state index contributed by atoms with van der Waals surface area (Å²) >= 11 is 1.50. The lowest BCUT2D eigenvalue weighted by molar-refractivity contribution is -0.125. The van der Waals surface area contributed by atoms with E-state index in [4.69, 9.17) is 0 Å². The molecule has 1 aromatic heterocycles. The first-order valence-electron chi connectivity index (χ1n) is 11.4. The first kappa shape index (κ1) is 22.3. The molecule has 0 bridgehead atoms. The van der Waals surface area contributed by atoms with E-state index in [1.54, 1.807) is 4.90 Å². The maximum Gasteiger partial charge on any atom is 0.248 e. The van der Waals surface area contributed by atoms with E-state index < -0.39 is 6.04 Å². The van der Waals surface area contributed by atoms with Gasteiger partial charge in [0.05, 0.1) is 10.8 Å². The second-order valence-corrected chi connectivity index (χ2v) is 9.76. The molecule has 1 N–H and O–H groups in total. The summed E-state index contributed by atoms with van der Waals surface area (Å²) in [6.07, 6.45) is 0. The summed E-state index contributed by atoms with van der Waals surface area (Å²) in [6.45, 7) is 4.43. The number of aromatic nitrogens is 1. The van der Waals surface area contributed by atoms with Crippen molar-refractivity contribution in [1.29, 1.82) is 0 Å². The fourth-order valence-corrected chi connectivity index (χ4v) is 5.89. The van der Waals surface area contributed by atoms with Gasteiger partial charge in [-0.2, -0.15) is 0 Å². The molecule has 34 heavy (non-hydrogen) atoms. The smallest absolute Gasteiger partial charge is 0.248 e. The van der Waals surface area contributed by atoms with E-state index >= 15 is 0 Å². The fraction of sp³-hybridized carbons (Fsp3) is 0.214. The Morgan fingerprint density at radius 2 is 1.68 bits per heavy atom. The third-order valence-electron chi connectivity index (χ3n) is 6.27. The standard InChI is InChI=1S/C28H27N3O2S/c1-18-13-19(2)15-21(14-18)31-24(32)17-34-28-25(22-11-7-8-12-23(22)30(28)3)26(31)27(33)29-16-20-9-5-4-6-10-20/h4-15,26H,16-17H2,1-3H3,(H,29,33). The lowest BCUT2D eigenvalue weighted by Gasteiger charge is -2.30. The number of anilines is 1. The highest BCUT2D eigenvalue weighted by atomic mass is 32.2. The van der Waals surface area contributed by atoms with E-state index in [2.05, 4.69) is 22.0 Å². The molecule has 1 atom stereocenters. The molecule has 6 heteroatoms. The molecule has 0 saturated carbocycles. The zero-order valence-electron chi connectivity index (χ0n) is 19.5. The SMILES string of the molecule is Cc1cc(C)cc(N2C(=O)CSc3c(c4ccccc4n3C)C2C(=O)NCc2ccccc2)c1.